The van der Waals surface area contributed by atoms with Crippen LogP contribution in [0.25, 0.3) is 0 Å². The highest BCUT2D eigenvalue weighted by atomic mass is 32.2. The Labute approximate surface area is 117 Å². The van der Waals surface area contributed by atoms with Gasteiger partial charge in [-0.15, -0.1) is 0 Å². The molecule has 1 aliphatic rings. The van der Waals surface area contributed by atoms with E-state index in [4.69, 9.17) is 14.2 Å². The van der Waals surface area contributed by atoms with Crippen molar-refractivity contribution in [3.05, 3.63) is 17.7 Å². The molecule has 1 aromatic carbocycles. The zero-order valence-electron chi connectivity index (χ0n) is 11.4. The predicted octanol–water partition coefficient (Wildman–Crippen LogP) is 2.65. The van der Waals surface area contributed by atoms with Gasteiger partial charge < -0.3 is 14.2 Å². The molecular formula is C14H18O4S. The van der Waals surface area contributed by atoms with E-state index in [1.165, 1.54) is 0 Å². The maximum Gasteiger partial charge on any atom is 0.170 e. The highest BCUT2D eigenvalue weighted by Gasteiger charge is 2.27. The van der Waals surface area contributed by atoms with Crippen LogP contribution in [0.1, 0.15) is 16.8 Å². The Morgan fingerprint density at radius 2 is 1.74 bits per heavy atom. The number of ketones is 1. The van der Waals surface area contributed by atoms with Gasteiger partial charge in [0.1, 0.15) is 5.75 Å². The quantitative estimate of drug-likeness (QED) is 0.777. The van der Waals surface area contributed by atoms with Gasteiger partial charge in [0.2, 0.25) is 0 Å². The van der Waals surface area contributed by atoms with Crippen LogP contribution in [0.4, 0.5) is 0 Å². The van der Waals surface area contributed by atoms with Crippen LogP contribution in [-0.2, 0) is 0 Å². The molecule has 0 bridgehead atoms. The maximum atomic E-state index is 12.5. The van der Waals surface area contributed by atoms with Gasteiger partial charge in [-0.1, -0.05) is 0 Å². The molecule has 1 aliphatic heterocycles. The number of benzene rings is 1. The summed E-state index contributed by atoms with van der Waals surface area (Å²) >= 11 is 1.82. The van der Waals surface area contributed by atoms with Crippen LogP contribution in [0, 0.1) is 5.92 Å². The van der Waals surface area contributed by atoms with Crippen molar-refractivity contribution in [2.24, 2.45) is 5.92 Å². The van der Waals surface area contributed by atoms with Crippen LogP contribution >= 0.6 is 11.8 Å². The van der Waals surface area contributed by atoms with E-state index in [1.807, 2.05) is 11.8 Å². The van der Waals surface area contributed by atoms with E-state index in [-0.39, 0.29) is 11.7 Å². The topological polar surface area (TPSA) is 44.8 Å². The van der Waals surface area contributed by atoms with Crippen LogP contribution in [0.3, 0.4) is 0 Å². The highest BCUT2D eigenvalue weighted by molar-refractivity contribution is 7.99. The summed E-state index contributed by atoms with van der Waals surface area (Å²) in [5.41, 5.74) is 0.577. The van der Waals surface area contributed by atoms with Gasteiger partial charge in [-0.05, 0) is 18.2 Å². The van der Waals surface area contributed by atoms with E-state index in [1.54, 1.807) is 33.5 Å². The third kappa shape index (κ3) is 2.81. The molecule has 0 amide bonds. The third-order valence-electron chi connectivity index (χ3n) is 3.27. The van der Waals surface area contributed by atoms with Gasteiger partial charge in [0, 0.05) is 17.7 Å². The molecule has 0 radical (unpaired) electrons. The average molecular weight is 282 g/mol. The van der Waals surface area contributed by atoms with E-state index >= 15 is 0 Å². The summed E-state index contributed by atoms with van der Waals surface area (Å²) in [5.74, 6) is 3.80. The minimum atomic E-state index is 0.0806. The first-order valence-corrected chi connectivity index (χ1v) is 7.28. The lowest BCUT2D eigenvalue weighted by atomic mass is 9.96. The largest absolute Gasteiger partial charge is 0.496 e. The summed E-state index contributed by atoms with van der Waals surface area (Å²) in [5, 5.41) is 0. The predicted molar refractivity (Wildman–Crippen MR) is 75.9 cm³/mol. The van der Waals surface area contributed by atoms with E-state index in [0.29, 0.717) is 22.8 Å². The Balaban J connectivity index is 2.39. The minimum absolute atomic E-state index is 0.0806. The molecule has 5 heteroatoms. The van der Waals surface area contributed by atoms with Crippen LogP contribution in [0.2, 0.25) is 0 Å². The highest BCUT2D eigenvalue weighted by Crippen LogP contribution is 2.37. The molecule has 1 fully saturated rings. The lowest BCUT2D eigenvalue weighted by molar-refractivity contribution is 0.0930. The molecule has 0 spiro atoms. The molecule has 0 aromatic heterocycles. The molecule has 0 N–H and O–H groups in total. The first-order chi connectivity index (χ1) is 9.21. The van der Waals surface area contributed by atoms with Crippen molar-refractivity contribution < 1.29 is 19.0 Å². The van der Waals surface area contributed by atoms with Crippen LogP contribution in [-0.4, -0.2) is 38.6 Å². The zero-order chi connectivity index (χ0) is 13.8. The summed E-state index contributed by atoms with van der Waals surface area (Å²) in [4.78, 5) is 12.5. The van der Waals surface area contributed by atoms with Gasteiger partial charge in [0.05, 0.1) is 26.9 Å². The van der Waals surface area contributed by atoms with Gasteiger partial charge in [-0.2, -0.15) is 11.8 Å². The molecule has 104 valence electrons. The number of hydrogen-bond acceptors (Lipinski definition) is 5. The number of Topliss-reactive ketones (excluding diaryl/α,β-unsaturated/α-hetero) is 1. The molecule has 0 saturated carbocycles. The van der Waals surface area contributed by atoms with Crippen molar-refractivity contribution in [1.82, 2.24) is 0 Å². The number of hydrogen-bond donors (Lipinski definition) is 0. The fraction of sp³-hybridized carbons (Fsp3) is 0.500. The van der Waals surface area contributed by atoms with Gasteiger partial charge in [0.25, 0.3) is 0 Å². The third-order valence-corrected chi connectivity index (χ3v) is 4.43. The summed E-state index contributed by atoms with van der Waals surface area (Å²) in [6.45, 7) is 0. The second-order valence-electron chi connectivity index (χ2n) is 4.33. The molecule has 1 atom stereocenters. The van der Waals surface area contributed by atoms with E-state index in [9.17, 15) is 4.79 Å². The van der Waals surface area contributed by atoms with Crippen LogP contribution in [0.15, 0.2) is 12.1 Å². The molecular weight excluding hydrogens is 264 g/mol. The molecule has 1 aromatic rings. The van der Waals surface area contributed by atoms with Crippen molar-refractivity contribution in [3.63, 3.8) is 0 Å². The lowest BCUT2D eigenvalue weighted by Crippen LogP contribution is -2.15. The van der Waals surface area contributed by atoms with E-state index in [2.05, 4.69) is 0 Å². The van der Waals surface area contributed by atoms with Gasteiger partial charge >= 0.3 is 0 Å². The van der Waals surface area contributed by atoms with Crippen LogP contribution < -0.4 is 14.2 Å². The molecule has 19 heavy (non-hydrogen) atoms. The van der Waals surface area contributed by atoms with Crippen molar-refractivity contribution in [1.29, 1.82) is 0 Å². The summed E-state index contributed by atoms with van der Waals surface area (Å²) < 4.78 is 15.8. The Morgan fingerprint density at radius 1 is 1.11 bits per heavy atom. The molecule has 1 heterocycles. The summed E-state index contributed by atoms with van der Waals surface area (Å²) in [6, 6.07) is 3.41. The molecule has 1 saturated heterocycles. The monoisotopic (exact) mass is 282 g/mol. The maximum absolute atomic E-state index is 12.5. The number of ether oxygens (including phenoxy) is 3. The Morgan fingerprint density at radius 3 is 2.26 bits per heavy atom. The molecule has 2 rings (SSSR count). The van der Waals surface area contributed by atoms with Crippen LogP contribution in [0.5, 0.6) is 17.2 Å². The molecule has 0 aliphatic carbocycles. The standard InChI is InChI=1S/C14H18O4S/c1-16-11-7-13(18-3)12(17-2)6-10(11)14(15)9-4-5-19-8-9/h6-7,9H,4-5,8H2,1-3H3. The zero-order valence-corrected chi connectivity index (χ0v) is 12.2. The normalized spacial score (nSPS) is 18.2. The number of carbonyl (C=O) groups excluding carboxylic acids is 1. The molecule has 1 unspecified atom stereocenters. The minimum Gasteiger partial charge on any atom is -0.496 e. The van der Waals surface area contributed by atoms with Crippen molar-refractivity contribution >= 4 is 17.5 Å². The lowest BCUT2D eigenvalue weighted by Gasteiger charge is -2.15. The second-order valence-corrected chi connectivity index (χ2v) is 5.48. The van der Waals surface area contributed by atoms with E-state index < -0.39 is 0 Å². The Kier molecular flexibility index (Phi) is 4.58. The van der Waals surface area contributed by atoms with Gasteiger partial charge in [0.15, 0.2) is 17.3 Å². The summed E-state index contributed by atoms with van der Waals surface area (Å²) in [6.07, 6.45) is 0.932. The Bertz CT molecular complexity index is 467. The van der Waals surface area contributed by atoms with E-state index in [0.717, 1.165) is 17.9 Å². The number of carbonyl (C=O) groups is 1. The van der Waals surface area contributed by atoms with Crippen molar-refractivity contribution in [3.8, 4) is 17.2 Å². The fourth-order valence-electron chi connectivity index (χ4n) is 2.18. The van der Waals surface area contributed by atoms with Crippen molar-refractivity contribution in [2.45, 2.75) is 6.42 Å². The number of rotatable bonds is 5. The second kappa shape index (κ2) is 6.19. The fourth-order valence-corrected chi connectivity index (χ4v) is 3.40. The SMILES string of the molecule is COc1cc(OC)c(C(=O)C2CCSC2)cc1OC. The Hall–Kier alpha value is -1.36. The number of methoxy groups -OCH3 is 3. The average Bonchev–Trinajstić information content (AvgIpc) is 2.99. The smallest absolute Gasteiger partial charge is 0.170 e. The molecule has 4 nitrogen and oxygen atoms in total. The first kappa shape index (κ1) is 14.1. The van der Waals surface area contributed by atoms with Gasteiger partial charge in [-0.25, -0.2) is 0 Å². The van der Waals surface area contributed by atoms with Crippen molar-refractivity contribution in [2.75, 3.05) is 32.8 Å². The summed E-state index contributed by atoms with van der Waals surface area (Å²) in [7, 11) is 4.68. The first-order valence-electron chi connectivity index (χ1n) is 6.13. The number of thioether (sulfide) groups is 1. The van der Waals surface area contributed by atoms with Gasteiger partial charge in [-0.3, -0.25) is 4.79 Å².